The van der Waals surface area contributed by atoms with Gasteiger partial charge in [0, 0.05) is 7.11 Å². The minimum atomic E-state index is -0.900. The Balaban J connectivity index is 4.30. The van der Waals surface area contributed by atoms with Gasteiger partial charge >= 0.3 is 0 Å². The Labute approximate surface area is 84.1 Å². The predicted molar refractivity (Wildman–Crippen MR) is 51.8 cm³/mol. The van der Waals surface area contributed by atoms with Gasteiger partial charge in [-0.05, 0) is 13.3 Å². The number of aliphatic hydroxyl groups is 2. The summed E-state index contributed by atoms with van der Waals surface area (Å²) in [5, 5.41) is 20.0. The first-order valence-corrected chi connectivity index (χ1v) is 4.61. The van der Waals surface area contributed by atoms with Gasteiger partial charge in [-0.15, -0.1) is 0 Å². The molecular weight excluding hydrogens is 186 g/mol. The smallest absolute Gasteiger partial charge is 0.252 e. The molecule has 5 heteroatoms. The van der Waals surface area contributed by atoms with E-state index < -0.39 is 11.6 Å². The molecule has 0 aromatic heterocycles. The lowest BCUT2D eigenvalue weighted by molar-refractivity contribution is -0.143. The van der Waals surface area contributed by atoms with Gasteiger partial charge in [-0.2, -0.15) is 0 Å². The molecule has 0 aliphatic rings. The monoisotopic (exact) mass is 205 g/mol. The van der Waals surface area contributed by atoms with Gasteiger partial charge in [0.2, 0.25) is 0 Å². The van der Waals surface area contributed by atoms with Crippen LogP contribution in [0.5, 0.6) is 0 Å². The van der Waals surface area contributed by atoms with Crippen molar-refractivity contribution in [2.75, 3.05) is 20.3 Å². The minimum Gasteiger partial charge on any atom is -0.394 e. The number of carbonyl (C=O) groups is 1. The average molecular weight is 205 g/mol. The Morgan fingerprint density at radius 3 is 2.29 bits per heavy atom. The number of ether oxygens (including phenoxy) is 1. The molecule has 0 radical (unpaired) electrons. The second kappa shape index (κ2) is 5.95. The van der Waals surface area contributed by atoms with Gasteiger partial charge in [0.15, 0.2) is 0 Å². The zero-order valence-electron chi connectivity index (χ0n) is 8.91. The van der Waals surface area contributed by atoms with E-state index in [4.69, 9.17) is 14.9 Å². The first-order chi connectivity index (χ1) is 6.53. The van der Waals surface area contributed by atoms with E-state index in [1.54, 1.807) is 6.92 Å². The van der Waals surface area contributed by atoms with Crippen LogP contribution in [0.4, 0.5) is 0 Å². The van der Waals surface area contributed by atoms with E-state index in [9.17, 15) is 4.79 Å². The van der Waals surface area contributed by atoms with Crippen LogP contribution in [0.1, 0.15) is 20.3 Å². The van der Waals surface area contributed by atoms with Crippen LogP contribution in [0.15, 0.2) is 0 Å². The van der Waals surface area contributed by atoms with E-state index in [1.807, 2.05) is 6.92 Å². The molecule has 3 N–H and O–H groups in total. The van der Waals surface area contributed by atoms with Gasteiger partial charge in [-0.3, -0.25) is 4.79 Å². The molecule has 0 aliphatic carbocycles. The number of hydrogen-bond donors (Lipinski definition) is 3. The molecule has 0 saturated heterocycles. The number of amides is 1. The molecule has 84 valence electrons. The van der Waals surface area contributed by atoms with Crippen molar-refractivity contribution in [2.45, 2.75) is 31.9 Å². The average Bonchev–Trinajstić information content (AvgIpc) is 2.24. The number of aliphatic hydroxyl groups excluding tert-OH is 2. The zero-order valence-corrected chi connectivity index (χ0v) is 8.91. The molecule has 0 aromatic rings. The van der Waals surface area contributed by atoms with Crippen molar-refractivity contribution in [3.05, 3.63) is 0 Å². The molecule has 0 aliphatic heterocycles. The molecule has 0 spiro atoms. The Kier molecular flexibility index (Phi) is 5.68. The van der Waals surface area contributed by atoms with Crippen LogP contribution in [-0.4, -0.2) is 48.1 Å². The van der Waals surface area contributed by atoms with Crippen molar-refractivity contribution in [3.8, 4) is 0 Å². The van der Waals surface area contributed by atoms with Crippen molar-refractivity contribution in [3.63, 3.8) is 0 Å². The summed E-state index contributed by atoms with van der Waals surface area (Å²) in [7, 11) is 1.45. The third-order valence-electron chi connectivity index (χ3n) is 2.38. The first kappa shape index (κ1) is 13.4. The van der Waals surface area contributed by atoms with Crippen LogP contribution >= 0.6 is 0 Å². The third-order valence-corrected chi connectivity index (χ3v) is 2.38. The fourth-order valence-corrected chi connectivity index (χ4v) is 0.885. The Morgan fingerprint density at radius 2 is 2.00 bits per heavy atom. The summed E-state index contributed by atoms with van der Waals surface area (Å²) in [6, 6.07) is -0.622. The maximum absolute atomic E-state index is 11.6. The fraction of sp³-hybridized carbons (Fsp3) is 0.889. The van der Waals surface area contributed by atoms with Crippen molar-refractivity contribution >= 4 is 5.91 Å². The van der Waals surface area contributed by atoms with E-state index >= 15 is 0 Å². The van der Waals surface area contributed by atoms with Crippen LogP contribution in [-0.2, 0) is 9.53 Å². The lowest BCUT2D eigenvalue weighted by atomic mass is 10.0. The number of rotatable bonds is 6. The van der Waals surface area contributed by atoms with Gasteiger partial charge in [-0.25, -0.2) is 0 Å². The van der Waals surface area contributed by atoms with Crippen LogP contribution in [0.25, 0.3) is 0 Å². The quantitative estimate of drug-likeness (QED) is 0.534. The Bertz CT molecular complexity index is 176. The lowest BCUT2D eigenvalue weighted by Gasteiger charge is -2.27. The summed E-state index contributed by atoms with van der Waals surface area (Å²) in [5.74, 6) is -0.324. The summed E-state index contributed by atoms with van der Waals surface area (Å²) < 4.78 is 5.06. The van der Waals surface area contributed by atoms with Crippen LogP contribution < -0.4 is 5.32 Å². The molecular formula is C9H19NO4. The highest BCUT2D eigenvalue weighted by Crippen LogP contribution is 2.13. The number of methoxy groups -OCH3 is 1. The number of nitrogens with one attached hydrogen (secondary N) is 1. The maximum atomic E-state index is 11.6. The van der Waals surface area contributed by atoms with Gasteiger partial charge in [-0.1, -0.05) is 6.92 Å². The van der Waals surface area contributed by atoms with Gasteiger partial charge < -0.3 is 20.3 Å². The largest absolute Gasteiger partial charge is 0.394 e. The normalized spacial score (nSPS) is 15.3. The van der Waals surface area contributed by atoms with Crippen molar-refractivity contribution < 1.29 is 19.7 Å². The van der Waals surface area contributed by atoms with Gasteiger partial charge in [0.05, 0.1) is 19.3 Å². The molecule has 5 nitrogen and oxygen atoms in total. The van der Waals surface area contributed by atoms with Gasteiger partial charge in [0.1, 0.15) is 5.60 Å². The Hall–Kier alpha value is -0.650. The summed E-state index contributed by atoms with van der Waals surface area (Å²) in [6.07, 6.45) is 0.527. The fourth-order valence-electron chi connectivity index (χ4n) is 0.885. The summed E-state index contributed by atoms with van der Waals surface area (Å²) in [4.78, 5) is 11.6. The summed E-state index contributed by atoms with van der Waals surface area (Å²) in [5.41, 5.74) is -0.900. The molecule has 1 amide bonds. The molecule has 14 heavy (non-hydrogen) atoms. The van der Waals surface area contributed by atoms with Crippen LogP contribution in [0, 0.1) is 0 Å². The molecule has 1 unspecified atom stereocenters. The van der Waals surface area contributed by atoms with Crippen molar-refractivity contribution in [1.29, 1.82) is 0 Å². The molecule has 0 heterocycles. The van der Waals surface area contributed by atoms with E-state index in [0.29, 0.717) is 6.42 Å². The third kappa shape index (κ3) is 3.25. The maximum Gasteiger partial charge on any atom is 0.252 e. The highest BCUT2D eigenvalue weighted by atomic mass is 16.5. The van der Waals surface area contributed by atoms with E-state index in [1.165, 1.54) is 7.11 Å². The number of hydrogen-bond acceptors (Lipinski definition) is 4. The molecule has 1 atom stereocenters. The van der Waals surface area contributed by atoms with E-state index in [-0.39, 0.29) is 19.1 Å². The molecule has 0 aromatic carbocycles. The standard InChI is InChI=1S/C9H19NO4/c1-4-9(2,14-3)8(13)10-7(5-11)6-12/h7,11-12H,4-6H2,1-3H3,(H,10,13). The summed E-state index contributed by atoms with van der Waals surface area (Å²) in [6.45, 7) is 2.92. The van der Waals surface area contributed by atoms with E-state index in [2.05, 4.69) is 5.32 Å². The van der Waals surface area contributed by atoms with Gasteiger partial charge in [0.25, 0.3) is 5.91 Å². The van der Waals surface area contributed by atoms with Crippen molar-refractivity contribution in [1.82, 2.24) is 5.32 Å². The second-order valence-electron chi connectivity index (χ2n) is 3.32. The molecule has 0 saturated carbocycles. The van der Waals surface area contributed by atoms with Crippen LogP contribution in [0.2, 0.25) is 0 Å². The Morgan fingerprint density at radius 1 is 1.50 bits per heavy atom. The van der Waals surface area contributed by atoms with E-state index in [0.717, 1.165) is 0 Å². The molecule has 0 rings (SSSR count). The minimum absolute atomic E-state index is 0.286. The zero-order chi connectivity index (χ0) is 11.2. The highest BCUT2D eigenvalue weighted by Gasteiger charge is 2.31. The van der Waals surface area contributed by atoms with Crippen molar-refractivity contribution in [2.24, 2.45) is 0 Å². The highest BCUT2D eigenvalue weighted by molar-refractivity contribution is 5.84. The SMILES string of the molecule is CCC(C)(OC)C(=O)NC(CO)CO. The predicted octanol–water partition coefficient (Wildman–Crippen LogP) is -0.729. The topological polar surface area (TPSA) is 78.8 Å². The first-order valence-electron chi connectivity index (χ1n) is 4.61. The molecule has 0 fully saturated rings. The second-order valence-corrected chi connectivity index (χ2v) is 3.32. The number of carbonyl (C=O) groups excluding carboxylic acids is 1. The lowest BCUT2D eigenvalue weighted by Crippen LogP contribution is -2.51. The molecule has 0 bridgehead atoms. The van der Waals surface area contributed by atoms with Crippen LogP contribution in [0.3, 0.4) is 0 Å². The summed E-state index contributed by atoms with van der Waals surface area (Å²) >= 11 is 0.